The van der Waals surface area contributed by atoms with Gasteiger partial charge >= 0.3 is 0 Å². The highest BCUT2D eigenvalue weighted by Gasteiger charge is 2.28. The number of nitrogens with zero attached hydrogens (tertiary/aromatic N) is 1. The first kappa shape index (κ1) is 14.4. The first-order chi connectivity index (χ1) is 9.28. The molecule has 0 bridgehead atoms. The number of unbranched alkanes of at least 4 members (excludes halogenated alkanes) is 1. The molecular weight excluding hydrogens is 236 g/mol. The first-order valence-electron chi connectivity index (χ1n) is 7.38. The van der Waals surface area contributed by atoms with E-state index in [9.17, 15) is 0 Å². The molecule has 3 nitrogen and oxygen atoms in total. The predicted octanol–water partition coefficient (Wildman–Crippen LogP) is 2.92. The van der Waals surface area contributed by atoms with Crippen LogP contribution in [0.1, 0.15) is 43.7 Å². The lowest BCUT2D eigenvalue weighted by Gasteiger charge is -2.23. The van der Waals surface area contributed by atoms with Crippen LogP contribution >= 0.6 is 0 Å². The highest BCUT2D eigenvalue weighted by Crippen LogP contribution is 2.31. The van der Waals surface area contributed by atoms with E-state index in [1.165, 1.54) is 43.4 Å². The van der Waals surface area contributed by atoms with Crippen molar-refractivity contribution in [2.24, 2.45) is 5.73 Å². The van der Waals surface area contributed by atoms with E-state index in [-0.39, 0.29) is 0 Å². The standard InChI is InChI=1S/C16H26N2O/c1-3-4-9-18(15-6-7-15)12-14-10-13(11-17)5-8-16(14)19-2/h5,8,10,15H,3-4,6-7,9,11-12,17H2,1-2H3. The van der Waals surface area contributed by atoms with Crippen molar-refractivity contribution in [3.05, 3.63) is 29.3 Å². The summed E-state index contributed by atoms with van der Waals surface area (Å²) in [5.74, 6) is 0.986. The Kier molecular flexibility index (Phi) is 5.23. The van der Waals surface area contributed by atoms with E-state index in [1.54, 1.807) is 7.11 Å². The molecule has 0 amide bonds. The number of hydrogen-bond acceptors (Lipinski definition) is 3. The monoisotopic (exact) mass is 262 g/mol. The molecule has 0 aromatic heterocycles. The predicted molar refractivity (Wildman–Crippen MR) is 79.2 cm³/mol. The van der Waals surface area contributed by atoms with E-state index >= 15 is 0 Å². The largest absolute Gasteiger partial charge is 0.496 e. The Balaban J connectivity index is 2.09. The molecule has 1 aliphatic carbocycles. The van der Waals surface area contributed by atoms with Crippen LogP contribution in [0.2, 0.25) is 0 Å². The second kappa shape index (κ2) is 6.92. The maximum atomic E-state index is 5.74. The lowest BCUT2D eigenvalue weighted by molar-refractivity contribution is 0.246. The van der Waals surface area contributed by atoms with Crippen LogP contribution in [0, 0.1) is 0 Å². The summed E-state index contributed by atoms with van der Waals surface area (Å²) >= 11 is 0. The van der Waals surface area contributed by atoms with Gasteiger partial charge in [-0.2, -0.15) is 0 Å². The van der Waals surface area contributed by atoms with Crippen molar-refractivity contribution < 1.29 is 4.74 Å². The van der Waals surface area contributed by atoms with E-state index in [4.69, 9.17) is 10.5 Å². The molecule has 1 aromatic rings. The summed E-state index contributed by atoms with van der Waals surface area (Å²) < 4.78 is 5.48. The molecule has 0 saturated heterocycles. The van der Waals surface area contributed by atoms with Crippen LogP contribution < -0.4 is 10.5 Å². The average Bonchev–Trinajstić information content (AvgIpc) is 3.27. The Bertz CT molecular complexity index is 402. The summed E-state index contributed by atoms with van der Waals surface area (Å²) in [6.07, 6.45) is 5.23. The summed E-state index contributed by atoms with van der Waals surface area (Å²) in [6.45, 7) is 5.02. The summed E-state index contributed by atoms with van der Waals surface area (Å²) in [7, 11) is 1.74. The van der Waals surface area contributed by atoms with Gasteiger partial charge in [0.2, 0.25) is 0 Å². The van der Waals surface area contributed by atoms with Crippen molar-refractivity contribution in [2.45, 2.75) is 51.7 Å². The third-order valence-corrected chi connectivity index (χ3v) is 3.82. The van der Waals surface area contributed by atoms with Gasteiger partial charge in [0.15, 0.2) is 0 Å². The molecule has 2 rings (SSSR count). The minimum Gasteiger partial charge on any atom is -0.496 e. The summed E-state index contributed by atoms with van der Waals surface area (Å²) in [4.78, 5) is 2.60. The number of nitrogens with two attached hydrogens (primary N) is 1. The molecular formula is C16H26N2O. The van der Waals surface area contributed by atoms with Crippen LogP contribution in [0.25, 0.3) is 0 Å². The Morgan fingerprint density at radius 3 is 2.74 bits per heavy atom. The lowest BCUT2D eigenvalue weighted by Crippen LogP contribution is -2.27. The number of benzene rings is 1. The van der Waals surface area contributed by atoms with Gasteiger partial charge in [-0.15, -0.1) is 0 Å². The van der Waals surface area contributed by atoms with Gasteiger partial charge in [0.1, 0.15) is 5.75 Å². The molecule has 1 saturated carbocycles. The van der Waals surface area contributed by atoms with Crippen molar-refractivity contribution in [3.63, 3.8) is 0 Å². The van der Waals surface area contributed by atoms with Crippen LogP contribution in [0.15, 0.2) is 18.2 Å². The first-order valence-corrected chi connectivity index (χ1v) is 7.38. The van der Waals surface area contributed by atoms with Crippen LogP contribution in [0.5, 0.6) is 5.75 Å². The number of hydrogen-bond donors (Lipinski definition) is 1. The zero-order chi connectivity index (χ0) is 13.7. The third kappa shape index (κ3) is 3.95. The van der Waals surface area contributed by atoms with E-state index < -0.39 is 0 Å². The molecule has 0 aliphatic heterocycles. The maximum absolute atomic E-state index is 5.74. The Labute approximate surface area is 116 Å². The second-order valence-electron chi connectivity index (χ2n) is 5.41. The maximum Gasteiger partial charge on any atom is 0.123 e. The summed E-state index contributed by atoms with van der Waals surface area (Å²) in [6, 6.07) is 7.08. The van der Waals surface area contributed by atoms with Gasteiger partial charge in [0, 0.05) is 24.7 Å². The molecule has 0 heterocycles. The van der Waals surface area contributed by atoms with Crippen molar-refractivity contribution in [2.75, 3.05) is 13.7 Å². The number of rotatable bonds is 8. The zero-order valence-corrected chi connectivity index (χ0v) is 12.2. The number of ether oxygens (including phenoxy) is 1. The van der Waals surface area contributed by atoms with Gasteiger partial charge in [-0.3, -0.25) is 4.90 Å². The van der Waals surface area contributed by atoms with Crippen molar-refractivity contribution in [1.29, 1.82) is 0 Å². The molecule has 0 atom stereocenters. The number of methoxy groups -OCH3 is 1. The zero-order valence-electron chi connectivity index (χ0n) is 12.2. The van der Waals surface area contributed by atoms with Crippen molar-refractivity contribution in [3.8, 4) is 5.75 Å². The minimum absolute atomic E-state index is 0.593. The lowest BCUT2D eigenvalue weighted by atomic mass is 10.1. The normalized spacial score (nSPS) is 14.9. The highest BCUT2D eigenvalue weighted by molar-refractivity contribution is 5.37. The summed E-state index contributed by atoms with van der Waals surface area (Å²) in [5.41, 5.74) is 8.19. The topological polar surface area (TPSA) is 38.5 Å². The Morgan fingerprint density at radius 2 is 2.16 bits per heavy atom. The van der Waals surface area contributed by atoms with Gasteiger partial charge in [-0.05, 0) is 43.5 Å². The van der Waals surface area contributed by atoms with E-state index in [2.05, 4.69) is 24.0 Å². The molecule has 2 N–H and O–H groups in total. The van der Waals surface area contributed by atoms with Gasteiger partial charge in [0.05, 0.1) is 7.11 Å². The van der Waals surface area contributed by atoms with E-state index in [0.717, 1.165) is 18.3 Å². The molecule has 0 spiro atoms. The second-order valence-corrected chi connectivity index (χ2v) is 5.41. The van der Waals surface area contributed by atoms with Crippen LogP contribution in [-0.4, -0.2) is 24.6 Å². The van der Waals surface area contributed by atoms with Gasteiger partial charge in [-0.25, -0.2) is 0 Å². The highest BCUT2D eigenvalue weighted by atomic mass is 16.5. The molecule has 0 radical (unpaired) electrons. The average molecular weight is 262 g/mol. The molecule has 3 heteroatoms. The van der Waals surface area contributed by atoms with Crippen molar-refractivity contribution in [1.82, 2.24) is 4.90 Å². The molecule has 1 fully saturated rings. The third-order valence-electron chi connectivity index (χ3n) is 3.82. The van der Waals surface area contributed by atoms with Crippen LogP contribution in [-0.2, 0) is 13.1 Å². The molecule has 19 heavy (non-hydrogen) atoms. The Hall–Kier alpha value is -1.06. The van der Waals surface area contributed by atoms with Gasteiger partial charge < -0.3 is 10.5 Å². The Morgan fingerprint density at radius 1 is 1.37 bits per heavy atom. The van der Waals surface area contributed by atoms with Gasteiger partial charge in [-0.1, -0.05) is 19.4 Å². The molecule has 1 aliphatic rings. The fraction of sp³-hybridized carbons (Fsp3) is 0.625. The quantitative estimate of drug-likeness (QED) is 0.783. The van der Waals surface area contributed by atoms with Gasteiger partial charge in [0.25, 0.3) is 0 Å². The van der Waals surface area contributed by atoms with Crippen molar-refractivity contribution >= 4 is 0 Å². The van der Waals surface area contributed by atoms with Crippen LogP contribution in [0.4, 0.5) is 0 Å². The SMILES string of the molecule is CCCCN(Cc1cc(CN)ccc1OC)C1CC1. The van der Waals surface area contributed by atoms with E-state index in [1.807, 2.05) is 6.07 Å². The smallest absolute Gasteiger partial charge is 0.123 e. The molecule has 106 valence electrons. The van der Waals surface area contributed by atoms with E-state index in [0.29, 0.717) is 6.54 Å². The van der Waals surface area contributed by atoms with Crippen LogP contribution in [0.3, 0.4) is 0 Å². The molecule has 1 aromatic carbocycles. The molecule has 0 unspecified atom stereocenters. The fourth-order valence-corrected chi connectivity index (χ4v) is 2.49. The fourth-order valence-electron chi connectivity index (χ4n) is 2.49. The summed E-state index contributed by atoms with van der Waals surface area (Å²) in [5, 5.41) is 0. The minimum atomic E-state index is 0.593.